The van der Waals surface area contributed by atoms with Gasteiger partial charge in [0.05, 0.1) is 30.8 Å². The minimum atomic E-state index is -4.41. The lowest BCUT2D eigenvalue weighted by Crippen LogP contribution is -2.17. The number of hydrogen-bond acceptors (Lipinski definition) is 5. The molecular weight excluding hydrogens is 437 g/mol. The van der Waals surface area contributed by atoms with E-state index in [-0.39, 0.29) is 18.9 Å². The zero-order valence-electron chi connectivity index (χ0n) is 18.3. The van der Waals surface area contributed by atoms with E-state index in [1.807, 2.05) is 0 Å². The molecule has 0 atom stereocenters. The number of halogens is 3. The van der Waals surface area contributed by atoms with Crippen molar-refractivity contribution in [3.8, 4) is 0 Å². The van der Waals surface area contributed by atoms with Crippen LogP contribution in [0.2, 0.25) is 0 Å². The number of aliphatic carboxylic acids is 1. The Morgan fingerprint density at radius 1 is 1.18 bits per heavy atom. The Hall–Kier alpha value is -2.78. The maximum atomic E-state index is 13.7. The van der Waals surface area contributed by atoms with Gasteiger partial charge in [-0.15, -0.1) is 0 Å². The smallest absolute Gasteiger partial charge is 0.416 e. The number of nitrogens with one attached hydrogen (secondary N) is 2. The lowest BCUT2D eigenvalue weighted by molar-refractivity contribution is -0.139. The van der Waals surface area contributed by atoms with Crippen LogP contribution >= 0.6 is 0 Å². The van der Waals surface area contributed by atoms with Crippen molar-refractivity contribution in [3.63, 3.8) is 0 Å². The van der Waals surface area contributed by atoms with Crippen molar-refractivity contribution in [1.82, 2.24) is 10.8 Å². The maximum absolute atomic E-state index is 13.7. The predicted molar refractivity (Wildman–Crippen MR) is 117 cm³/mol. The molecule has 180 valence electrons. The van der Waals surface area contributed by atoms with Crippen LogP contribution in [0.25, 0.3) is 5.70 Å². The van der Waals surface area contributed by atoms with Crippen LogP contribution in [-0.4, -0.2) is 17.6 Å². The zero-order valence-corrected chi connectivity index (χ0v) is 18.3. The second-order valence-corrected chi connectivity index (χ2v) is 8.21. The maximum Gasteiger partial charge on any atom is 0.416 e. The molecule has 0 amide bonds. The summed E-state index contributed by atoms with van der Waals surface area (Å²) in [6, 6.07) is 7.82. The summed E-state index contributed by atoms with van der Waals surface area (Å²) in [5, 5.41) is 11.6. The summed E-state index contributed by atoms with van der Waals surface area (Å²) in [4.78, 5) is 15.9. The van der Waals surface area contributed by atoms with Gasteiger partial charge in [0.25, 0.3) is 0 Å². The molecule has 0 saturated heterocycles. The van der Waals surface area contributed by atoms with Crippen LogP contribution < -0.4 is 10.8 Å². The Balaban J connectivity index is 1.53. The standard InChI is InChI=1S/C24H29F3N2O4/c1-16(22-10-8-19(33-22)14-28-12-11-23(30)31)29-32-15-17-7-9-20(18-5-3-2-4-6-18)21(13-17)24(25,26)27/h7-10,13,18,28-29H,1-6,11-12,14-15H2,(H,30,31). The van der Waals surface area contributed by atoms with Crippen LogP contribution in [0.3, 0.4) is 0 Å². The lowest BCUT2D eigenvalue weighted by Gasteiger charge is -2.25. The van der Waals surface area contributed by atoms with Gasteiger partial charge in [0.1, 0.15) is 5.76 Å². The third-order valence-electron chi connectivity index (χ3n) is 5.68. The Bertz CT molecular complexity index is 949. The van der Waals surface area contributed by atoms with Crippen LogP contribution in [0, 0.1) is 0 Å². The van der Waals surface area contributed by atoms with Crippen molar-refractivity contribution in [2.45, 2.75) is 63.8 Å². The van der Waals surface area contributed by atoms with Gasteiger partial charge in [0.15, 0.2) is 5.76 Å². The normalized spacial score (nSPS) is 14.9. The first-order chi connectivity index (χ1) is 15.7. The minimum absolute atomic E-state index is 0.00730. The molecule has 1 aliphatic rings. The first kappa shape index (κ1) is 24.9. The molecule has 1 saturated carbocycles. The van der Waals surface area contributed by atoms with E-state index in [0.29, 0.717) is 41.4 Å². The van der Waals surface area contributed by atoms with Crippen LogP contribution in [-0.2, 0) is 29.0 Å². The van der Waals surface area contributed by atoms with Gasteiger partial charge in [-0.2, -0.15) is 13.2 Å². The average Bonchev–Trinajstić information content (AvgIpc) is 3.26. The fourth-order valence-electron chi connectivity index (χ4n) is 4.01. The molecule has 0 bridgehead atoms. The molecule has 0 unspecified atom stereocenters. The van der Waals surface area contributed by atoms with Crippen LogP contribution in [0.15, 0.2) is 41.3 Å². The number of hydroxylamine groups is 1. The summed E-state index contributed by atoms with van der Waals surface area (Å²) in [6.07, 6.45) is 0.187. The number of hydrogen-bond donors (Lipinski definition) is 3. The molecule has 1 aromatic heterocycles. The van der Waals surface area contributed by atoms with E-state index in [1.54, 1.807) is 24.3 Å². The zero-order chi connectivity index (χ0) is 23.8. The number of alkyl halides is 3. The molecule has 1 fully saturated rings. The quantitative estimate of drug-likeness (QED) is 0.295. The van der Waals surface area contributed by atoms with E-state index >= 15 is 0 Å². The van der Waals surface area contributed by atoms with E-state index in [9.17, 15) is 18.0 Å². The van der Waals surface area contributed by atoms with E-state index in [2.05, 4.69) is 17.4 Å². The molecule has 1 aliphatic carbocycles. The molecule has 0 spiro atoms. The Morgan fingerprint density at radius 2 is 1.94 bits per heavy atom. The average molecular weight is 467 g/mol. The van der Waals surface area contributed by atoms with Crippen LogP contribution in [0.5, 0.6) is 0 Å². The van der Waals surface area contributed by atoms with Crippen LogP contribution in [0.4, 0.5) is 13.2 Å². The van der Waals surface area contributed by atoms with Gasteiger partial charge < -0.3 is 14.8 Å². The highest BCUT2D eigenvalue weighted by Crippen LogP contribution is 2.41. The predicted octanol–water partition coefficient (Wildman–Crippen LogP) is 5.60. The summed E-state index contributed by atoms with van der Waals surface area (Å²) < 4.78 is 46.7. The van der Waals surface area contributed by atoms with Gasteiger partial charge >= 0.3 is 12.1 Å². The summed E-state index contributed by atoms with van der Waals surface area (Å²) >= 11 is 0. The molecule has 33 heavy (non-hydrogen) atoms. The molecule has 3 N–H and O–H groups in total. The monoisotopic (exact) mass is 466 g/mol. The van der Waals surface area contributed by atoms with E-state index in [0.717, 1.165) is 32.1 Å². The SMILES string of the molecule is C=C(NOCc1ccc(C2CCCCC2)c(C(F)(F)F)c1)c1ccc(CNCCC(=O)O)o1. The van der Waals surface area contributed by atoms with Crippen molar-refractivity contribution < 1.29 is 32.3 Å². The molecule has 1 aromatic carbocycles. The second-order valence-electron chi connectivity index (χ2n) is 8.21. The number of furan rings is 1. The minimum Gasteiger partial charge on any atom is -0.481 e. The summed E-state index contributed by atoms with van der Waals surface area (Å²) in [7, 11) is 0. The molecule has 0 radical (unpaired) electrons. The highest BCUT2D eigenvalue weighted by atomic mass is 19.4. The van der Waals surface area contributed by atoms with Crippen molar-refractivity contribution in [1.29, 1.82) is 0 Å². The second kappa shape index (κ2) is 11.4. The Morgan fingerprint density at radius 3 is 2.64 bits per heavy atom. The number of rotatable bonds is 11. The Labute approximate surface area is 190 Å². The first-order valence-electron chi connectivity index (χ1n) is 11.0. The molecule has 0 aliphatic heterocycles. The topological polar surface area (TPSA) is 83.7 Å². The van der Waals surface area contributed by atoms with Gasteiger partial charge in [-0.1, -0.05) is 38.0 Å². The molecule has 9 heteroatoms. The number of carbonyl (C=O) groups is 1. The van der Waals surface area contributed by atoms with Crippen molar-refractivity contribution in [2.24, 2.45) is 0 Å². The van der Waals surface area contributed by atoms with Crippen molar-refractivity contribution in [2.75, 3.05) is 6.54 Å². The Kier molecular flexibility index (Phi) is 8.57. The van der Waals surface area contributed by atoms with Crippen molar-refractivity contribution >= 4 is 11.7 Å². The van der Waals surface area contributed by atoms with E-state index in [1.165, 1.54) is 6.07 Å². The van der Waals surface area contributed by atoms with Gasteiger partial charge in [0, 0.05) is 6.54 Å². The highest BCUT2D eigenvalue weighted by molar-refractivity contribution is 5.66. The van der Waals surface area contributed by atoms with Gasteiger partial charge in [0.2, 0.25) is 0 Å². The molecule has 2 aromatic rings. The first-order valence-corrected chi connectivity index (χ1v) is 11.0. The molecule has 1 heterocycles. The van der Waals surface area contributed by atoms with Crippen molar-refractivity contribution in [3.05, 3.63) is 65.1 Å². The molecule has 3 rings (SSSR count). The van der Waals surface area contributed by atoms with E-state index < -0.39 is 17.7 Å². The fraction of sp³-hybridized carbons (Fsp3) is 0.458. The number of carboxylic acids is 1. The summed E-state index contributed by atoms with van der Waals surface area (Å²) in [5.74, 6) is 0.0680. The number of benzene rings is 1. The number of carboxylic acid groups (broad SMARTS) is 1. The van der Waals surface area contributed by atoms with Gasteiger partial charge in [-0.3, -0.25) is 15.1 Å². The van der Waals surface area contributed by atoms with Gasteiger partial charge in [-0.05, 0) is 48.1 Å². The summed E-state index contributed by atoms with van der Waals surface area (Å²) in [6.45, 7) is 4.41. The van der Waals surface area contributed by atoms with E-state index in [4.69, 9.17) is 14.4 Å². The highest BCUT2D eigenvalue weighted by Gasteiger charge is 2.35. The lowest BCUT2D eigenvalue weighted by atomic mass is 9.81. The molecule has 6 nitrogen and oxygen atoms in total. The third-order valence-corrected chi connectivity index (χ3v) is 5.68. The molecular formula is C24H29F3N2O4. The fourth-order valence-corrected chi connectivity index (χ4v) is 4.01. The van der Waals surface area contributed by atoms with Gasteiger partial charge in [-0.25, -0.2) is 0 Å². The summed E-state index contributed by atoms with van der Waals surface area (Å²) in [5.41, 5.74) is 3.14. The van der Waals surface area contributed by atoms with Crippen LogP contribution in [0.1, 0.15) is 72.7 Å². The largest absolute Gasteiger partial charge is 0.481 e. The third kappa shape index (κ3) is 7.36.